The SMILES string of the molecule is CCc1nn(CC)c(CC(O)C(O)(CC)CC)c1Br. The van der Waals surface area contributed by atoms with Gasteiger partial charge < -0.3 is 10.2 Å². The van der Waals surface area contributed by atoms with E-state index in [1.807, 2.05) is 25.5 Å². The summed E-state index contributed by atoms with van der Waals surface area (Å²) in [5.74, 6) is 0. The number of nitrogens with zero attached hydrogens (tertiary/aromatic N) is 2. The number of hydrogen-bond donors (Lipinski definition) is 2. The van der Waals surface area contributed by atoms with E-state index in [0.717, 1.165) is 28.8 Å². The molecule has 0 amide bonds. The maximum atomic E-state index is 10.4. The lowest BCUT2D eigenvalue weighted by Gasteiger charge is -2.31. The first-order chi connectivity index (χ1) is 8.93. The summed E-state index contributed by atoms with van der Waals surface area (Å²) in [5, 5.41) is 25.2. The highest BCUT2D eigenvalue weighted by atomic mass is 79.9. The summed E-state index contributed by atoms with van der Waals surface area (Å²) in [5.41, 5.74) is 0.946. The average molecular weight is 333 g/mol. The molecule has 0 bridgehead atoms. The zero-order valence-electron chi connectivity index (χ0n) is 12.3. The number of aromatic nitrogens is 2. The van der Waals surface area contributed by atoms with Crippen LogP contribution in [-0.2, 0) is 19.4 Å². The molecule has 1 unspecified atom stereocenters. The fraction of sp³-hybridized carbons (Fsp3) is 0.786. The Morgan fingerprint density at radius 1 is 1.26 bits per heavy atom. The molecule has 2 N–H and O–H groups in total. The molecule has 0 spiro atoms. The molecule has 1 atom stereocenters. The van der Waals surface area contributed by atoms with Crippen LogP contribution in [0.4, 0.5) is 0 Å². The predicted molar refractivity (Wildman–Crippen MR) is 80.2 cm³/mol. The molecule has 110 valence electrons. The second kappa shape index (κ2) is 6.86. The minimum Gasteiger partial charge on any atom is -0.390 e. The van der Waals surface area contributed by atoms with Crippen molar-refractivity contribution < 1.29 is 10.2 Å². The molecule has 0 aliphatic heterocycles. The average Bonchev–Trinajstić information content (AvgIpc) is 2.74. The Labute approximate surface area is 124 Å². The van der Waals surface area contributed by atoms with E-state index in [1.165, 1.54) is 0 Å². The number of hydrogen-bond acceptors (Lipinski definition) is 3. The summed E-state index contributed by atoms with van der Waals surface area (Å²) in [6, 6.07) is 0. The number of aliphatic hydroxyl groups excluding tert-OH is 1. The molecule has 0 aliphatic rings. The van der Waals surface area contributed by atoms with Crippen molar-refractivity contribution in [1.82, 2.24) is 9.78 Å². The lowest BCUT2D eigenvalue weighted by Crippen LogP contribution is -2.42. The van der Waals surface area contributed by atoms with Crippen LogP contribution in [-0.4, -0.2) is 31.7 Å². The third-order valence-corrected chi connectivity index (χ3v) is 4.84. The molecular weight excluding hydrogens is 308 g/mol. The summed E-state index contributed by atoms with van der Waals surface area (Å²) in [4.78, 5) is 0. The van der Waals surface area contributed by atoms with Crippen molar-refractivity contribution in [2.75, 3.05) is 0 Å². The molecule has 0 radical (unpaired) electrons. The number of halogens is 1. The van der Waals surface area contributed by atoms with Crippen molar-refractivity contribution in [1.29, 1.82) is 0 Å². The molecule has 0 aliphatic carbocycles. The van der Waals surface area contributed by atoms with Gasteiger partial charge in [-0.15, -0.1) is 0 Å². The first kappa shape index (κ1) is 16.7. The minimum atomic E-state index is -1.02. The van der Waals surface area contributed by atoms with Crippen molar-refractivity contribution >= 4 is 15.9 Å². The maximum Gasteiger partial charge on any atom is 0.0904 e. The van der Waals surface area contributed by atoms with Crippen LogP contribution in [0.5, 0.6) is 0 Å². The molecule has 1 rings (SSSR count). The maximum absolute atomic E-state index is 10.4. The Morgan fingerprint density at radius 2 is 1.84 bits per heavy atom. The van der Waals surface area contributed by atoms with E-state index in [9.17, 15) is 10.2 Å². The molecule has 0 saturated carbocycles. The van der Waals surface area contributed by atoms with Gasteiger partial charge in [0, 0.05) is 13.0 Å². The van der Waals surface area contributed by atoms with E-state index in [1.54, 1.807) is 0 Å². The lowest BCUT2D eigenvalue weighted by atomic mass is 9.88. The molecular formula is C14H25BrN2O2. The zero-order chi connectivity index (χ0) is 14.6. The van der Waals surface area contributed by atoms with E-state index in [-0.39, 0.29) is 0 Å². The molecule has 0 fully saturated rings. The van der Waals surface area contributed by atoms with Crippen molar-refractivity contribution in [3.63, 3.8) is 0 Å². The second-order valence-corrected chi connectivity index (χ2v) is 5.70. The van der Waals surface area contributed by atoms with Crippen molar-refractivity contribution in [2.24, 2.45) is 0 Å². The largest absolute Gasteiger partial charge is 0.390 e. The van der Waals surface area contributed by atoms with Gasteiger partial charge in [-0.2, -0.15) is 5.10 Å². The number of aryl methyl sites for hydroxylation is 2. The van der Waals surface area contributed by atoms with Crippen LogP contribution < -0.4 is 0 Å². The molecule has 4 nitrogen and oxygen atoms in total. The molecule has 1 aromatic rings. The molecule has 19 heavy (non-hydrogen) atoms. The van der Waals surface area contributed by atoms with E-state index >= 15 is 0 Å². The molecule has 0 aromatic carbocycles. The van der Waals surface area contributed by atoms with Gasteiger partial charge in [-0.3, -0.25) is 4.68 Å². The summed E-state index contributed by atoms with van der Waals surface area (Å²) in [7, 11) is 0. The highest BCUT2D eigenvalue weighted by Crippen LogP contribution is 2.28. The quantitative estimate of drug-likeness (QED) is 0.807. The molecule has 0 saturated heterocycles. The highest BCUT2D eigenvalue weighted by molar-refractivity contribution is 9.10. The van der Waals surface area contributed by atoms with Crippen LogP contribution in [0.15, 0.2) is 4.47 Å². The van der Waals surface area contributed by atoms with Gasteiger partial charge in [0.1, 0.15) is 0 Å². The monoisotopic (exact) mass is 332 g/mol. The van der Waals surface area contributed by atoms with Crippen LogP contribution in [0.1, 0.15) is 51.9 Å². The lowest BCUT2D eigenvalue weighted by molar-refractivity contribution is -0.0797. The van der Waals surface area contributed by atoms with Crippen LogP contribution in [0, 0.1) is 0 Å². The van der Waals surface area contributed by atoms with Crippen molar-refractivity contribution in [2.45, 2.75) is 71.6 Å². The summed E-state index contributed by atoms with van der Waals surface area (Å²) in [6.07, 6.45) is 1.58. The predicted octanol–water partition coefficient (Wildman–Crippen LogP) is 2.68. The molecule has 1 heterocycles. The second-order valence-electron chi connectivity index (χ2n) is 4.91. The van der Waals surface area contributed by atoms with Crippen LogP contribution in [0.2, 0.25) is 0 Å². The van der Waals surface area contributed by atoms with E-state index in [2.05, 4.69) is 28.0 Å². The fourth-order valence-corrected chi connectivity index (χ4v) is 3.03. The Morgan fingerprint density at radius 3 is 2.26 bits per heavy atom. The third-order valence-electron chi connectivity index (χ3n) is 3.93. The first-order valence-electron chi connectivity index (χ1n) is 7.07. The van der Waals surface area contributed by atoms with Gasteiger partial charge in [0.25, 0.3) is 0 Å². The van der Waals surface area contributed by atoms with E-state index < -0.39 is 11.7 Å². The van der Waals surface area contributed by atoms with Gasteiger partial charge in [-0.1, -0.05) is 20.8 Å². The summed E-state index contributed by atoms with van der Waals surface area (Å²) < 4.78 is 2.86. The highest BCUT2D eigenvalue weighted by Gasteiger charge is 2.33. The van der Waals surface area contributed by atoms with Crippen LogP contribution in [0.3, 0.4) is 0 Å². The van der Waals surface area contributed by atoms with Crippen molar-refractivity contribution in [3.05, 3.63) is 15.9 Å². The van der Waals surface area contributed by atoms with Crippen molar-refractivity contribution in [3.8, 4) is 0 Å². The topological polar surface area (TPSA) is 58.3 Å². The van der Waals surface area contributed by atoms with Gasteiger partial charge in [0.2, 0.25) is 0 Å². The fourth-order valence-electron chi connectivity index (χ4n) is 2.31. The van der Waals surface area contributed by atoms with Gasteiger partial charge in [0.05, 0.1) is 27.6 Å². The normalized spacial score (nSPS) is 13.8. The minimum absolute atomic E-state index is 0.416. The van der Waals surface area contributed by atoms with Gasteiger partial charge in [0.15, 0.2) is 0 Å². The standard InChI is InChI=1S/C14H25BrN2O2/c1-5-10-13(15)11(17(8-4)16-10)9-12(18)14(19,6-2)7-3/h12,18-19H,5-9H2,1-4H3. The van der Waals surface area contributed by atoms with Gasteiger partial charge in [-0.05, 0) is 42.1 Å². The summed E-state index contributed by atoms with van der Waals surface area (Å²) >= 11 is 3.57. The number of aliphatic hydroxyl groups is 2. The Balaban J connectivity index is 3.02. The first-order valence-corrected chi connectivity index (χ1v) is 7.87. The zero-order valence-corrected chi connectivity index (χ0v) is 13.9. The molecule has 5 heteroatoms. The van der Waals surface area contributed by atoms with Crippen LogP contribution >= 0.6 is 15.9 Å². The Kier molecular flexibility index (Phi) is 6.02. The Hall–Kier alpha value is -0.390. The van der Waals surface area contributed by atoms with E-state index in [4.69, 9.17) is 0 Å². The Bertz CT molecular complexity index is 414. The van der Waals surface area contributed by atoms with Crippen LogP contribution in [0.25, 0.3) is 0 Å². The van der Waals surface area contributed by atoms with E-state index in [0.29, 0.717) is 19.3 Å². The number of rotatable bonds is 7. The molecule has 1 aromatic heterocycles. The summed E-state index contributed by atoms with van der Waals surface area (Å²) in [6.45, 7) is 8.65. The third kappa shape index (κ3) is 3.38. The smallest absolute Gasteiger partial charge is 0.0904 e. The van der Waals surface area contributed by atoms with Gasteiger partial charge >= 0.3 is 0 Å². The van der Waals surface area contributed by atoms with Gasteiger partial charge in [-0.25, -0.2) is 0 Å².